The second kappa shape index (κ2) is 8.66. The number of rotatable bonds is 7. The number of carbonyl (C=O) groups is 3. The molecule has 26 heavy (non-hydrogen) atoms. The summed E-state index contributed by atoms with van der Waals surface area (Å²) in [7, 11) is 0. The Hall–Kier alpha value is -3.35. The van der Waals surface area contributed by atoms with Crippen LogP contribution in [0.25, 0.3) is 0 Å². The number of primary amides is 1. The quantitative estimate of drug-likeness (QED) is 0.738. The fraction of sp³-hybridized carbons (Fsp3) is 0.211. The molecule has 0 saturated heterocycles. The fourth-order valence-corrected chi connectivity index (χ4v) is 2.05. The van der Waals surface area contributed by atoms with Gasteiger partial charge in [-0.15, -0.1) is 0 Å². The van der Waals surface area contributed by atoms with Crippen LogP contribution in [0, 0.1) is 13.8 Å². The molecule has 2 amide bonds. The average molecular weight is 356 g/mol. The van der Waals surface area contributed by atoms with Crippen molar-refractivity contribution < 1.29 is 23.9 Å². The van der Waals surface area contributed by atoms with Crippen molar-refractivity contribution in [2.24, 2.45) is 5.73 Å². The fourth-order valence-electron chi connectivity index (χ4n) is 2.05. The summed E-state index contributed by atoms with van der Waals surface area (Å²) >= 11 is 0. The zero-order valence-corrected chi connectivity index (χ0v) is 14.6. The molecule has 136 valence electrons. The SMILES string of the molecule is Cc1ccc(OCC(=O)OCC(=O)Nc2ccc(C(N)=O)cc2)cc1C. The summed E-state index contributed by atoms with van der Waals surface area (Å²) in [6.45, 7) is 3.20. The van der Waals surface area contributed by atoms with Gasteiger partial charge in [0.15, 0.2) is 13.2 Å². The third-order valence-corrected chi connectivity index (χ3v) is 3.65. The molecule has 0 fully saturated rings. The molecule has 2 aromatic carbocycles. The number of anilines is 1. The van der Waals surface area contributed by atoms with Gasteiger partial charge in [0, 0.05) is 11.3 Å². The van der Waals surface area contributed by atoms with Gasteiger partial charge in [0.25, 0.3) is 5.91 Å². The van der Waals surface area contributed by atoms with Crippen molar-refractivity contribution in [1.82, 2.24) is 0 Å². The second-order valence-corrected chi connectivity index (χ2v) is 5.69. The Balaban J connectivity index is 1.74. The third kappa shape index (κ3) is 5.62. The lowest BCUT2D eigenvalue weighted by Crippen LogP contribution is -2.23. The molecular formula is C19H20N2O5. The van der Waals surface area contributed by atoms with E-state index in [1.54, 1.807) is 6.07 Å². The zero-order chi connectivity index (χ0) is 19.1. The highest BCUT2D eigenvalue weighted by atomic mass is 16.6. The number of nitrogens with two attached hydrogens (primary N) is 1. The van der Waals surface area contributed by atoms with Crippen LogP contribution in [0.5, 0.6) is 5.75 Å². The predicted octanol–water partition coefficient (Wildman–Crippen LogP) is 1.96. The molecule has 0 aliphatic carbocycles. The Labute approximate surface area is 151 Å². The molecule has 3 N–H and O–H groups in total. The maximum atomic E-state index is 11.8. The molecule has 0 aromatic heterocycles. The molecule has 0 bridgehead atoms. The van der Waals surface area contributed by atoms with E-state index in [0.29, 0.717) is 17.0 Å². The average Bonchev–Trinajstić information content (AvgIpc) is 2.61. The van der Waals surface area contributed by atoms with Crippen LogP contribution in [0.15, 0.2) is 42.5 Å². The Morgan fingerprint density at radius 2 is 1.65 bits per heavy atom. The summed E-state index contributed by atoms with van der Waals surface area (Å²) in [4.78, 5) is 34.4. The van der Waals surface area contributed by atoms with Crippen molar-refractivity contribution in [3.05, 3.63) is 59.2 Å². The number of benzene rings is 2. The summed E-state index contributed by atoms with van der Waals surface area (Å²) in [6.07, 6.45) is 0. The lowest BCUT2D eigenvalue weighted by Gasteiger charge is -2.09. The Kier molecular flexibility index (Phi) is 6.32. The highest BCUT2D eigenvalue weighted by Crippen LogP contribution is 2.16. The number of aryl methyl sites for hydroxylation is 2. The van der Waals surface area contributed by atoms with Crippen LogP contribution in [0.3, 0.4) is 0 Å². The smallest absolute Gasteiger partial charge is 0.344 e. The molecule has 0 saturated carbocycles. The molecule has 0 atom stereocenters. The zero-order valence-electron chi connectivity index (χ0n) is 14.6. The molecule has 0 unspecified atom stereocenters. The van der Waals surface area contributed by atoms with Gasteiger partial charge in [0.2, 0.25) is 5.91 Å². The van der Waals surface area contributed by atoms with E-state index >= 15 is 0 Å². The molecule has 2 aromatic rings. The summed E-state index contributed by atoms with van der Waals surface area (Å²) in [5.41, 5.74) is 8.11. The van der Waals surface area contributed by atoms with Gasteiger partial charge in [-0.3, -0.25) is 9.59 Å². The van der Waals surface area contributed by atoms with Crippen molar-refractivity contribution >= 4 is 23.5 Å². The molecular weight excluding hydrogens is 336 g/mol. The molecule has 0 aliphatic rings. The van der Waals surface area contributed by atoms with E-state index < -0.39 is 24.4 Å². The molecule has 0 heterocycles. The maximum Gasteiger partial charge on any atom is 0.344 e. The largest absolute Gasteiger partial charge is 0.482 e. The predicted molar refractivity (Wildman–Crippen MR) is 96.0 cm³/mol. The van der Waals surface area contributed by atoms with Crippen LogP contribution in [-0.2, 0) is 14.3 Å². The first-order valence-electron chi connectivity index (χ1n) is 7.90. The van der Waals surface area contributed by atoms with Crippen molar-refractivity contribution in [3.8, 4) is 5.75 Å². The van der Waals surface area contributed by atoms with Crippen LogP contribution < -0.4 is 15.8 Å². The number of carbonyl (C=O) groups excluding carboxylic acids is 3. The standard InChI is InChI=1S/C19H20N2O5/c1-12-3-8-16(9-13(12)2)25-11-18(23)26-10-17(22)21-15-6-4-14(5-7-15)19(20)24/h3-9H,10-11H2,1-2H3,(H2,20,24)(H,21,22). The summed E-state index contributed by atoms with van der Waals surface area (Å²) in [5, 5.41) is 2.54. The van der Waals surface area contributed by atoms with Gasteiger partial charge >= 0.3 is 5.97 Å². The maximum absolute atomic E-state index is 11.8. The molecule has 0 spiro atoms. The van der Waals surface area contributed by atoms with E-state index in [2.05, 4.69) is 5.32 Å². The first-order valence-corrected chi connectivity index (χ1v) is 7.90. The van der Waals surface area contributed by atoms with Gasteiger partial charge in [-0.05, 0) is 61.4 Å². The van der Waals surface area contributed by atoms with Crippen LogP contribution in [-0.4, -0.2) is 31.0 Å². The van der Waals surface area contributed by atoms with Gasteiger partial charge < -0.3 is 20.5 Å². The minimum Gasteiger partial charge on any atom is -0.482 e. The Morgan fingerprint density at radius 3 is 2.27 bits per heavy atom. The van der Waals surface area contributed by atoms with E-state index in [-0.39, 0.29) is 6.61 Å². The van der Waals surface area contributed by atoms with Crippen molar-refractivity contribution in [1.29, 1.82) is 0 Å². The lowest BCUT2D eigenvalue weighted by molar-refractivity contribution is -0.149. The normalized spacial score (nSPS) is 10.1. The Morgan fingerprint density at radius 1 is 0.962 bits per heavy atom. The number of hydrogen-bond donors (Lipinski definition) is 2. The summed E-state index contributed by atoms with van der Waals surface area (Å²) in [5.74, 6) is -1.15. The first-order chi connectivity index (χ1) is 12.3. The molecule has 7 heteroatoms. The minimum absolute atomic E-state index is 0.289. The summed E-state index contributed by atoms with van der Waals surface area (Å²) in [6, 6.07) is 11.5. The van der Waals surface area contributed by atoms with Gasteiger partial charge in [0.1, 0.15) is 5.75 Å². The monoisotopic (exact) mass is 356 g/mol. The Bertz CT molecular complexity index is 815. The van der Waals surface area contributed by atoms with Gasteiger partial charge in [-0.2, -0.15) is 0 Å². The molecule has 7 nitrogen and oxygen atoms in total. The van der Waals surface area contributed by atoms with Crippen LogP contribution >= 0.6 is 0 Å². The van der Waals surface area contributed by atoms with E-state index in [1.165, 1.54) is 24.3 Å². The van der Waals surface area contributed by atoms with Crippen molar-refractivity contribution in [2.45, 2.75) is 13.8 Å². The number of nitrogens with one attached hydrogen (secondary N) is 1. The minimum atomic E-state index is -0.651. The highest BCUT2D eigenvalue weighted by molar-refractivity contribution is 5.95. The van der Waals surface area contributed by atoms with Gasteiger partial charge in [-0.1, -0.05) is 6.07 Å². The summed E-state index contributed by atoms with van der Waals surface area (Å²) < 4.78 is 10.2. The third-order valence-electron chi connectivity index (χ3n) is 3.65. The number of amides is 2. The van der Waals surface area contributed by atoms with Gasteiger partial charge in [-0.25, -0.2) is 4.79 Å². The first kappa shape index (κ1) is 19.0. The van der Waals surface area contributed by atoms with Crippen LogP contribution in [0.4, 0.5) is 5.69 Å². The highest BCUT2D eigenvalue weighted by Gasteiger charge is 2.09. The van der Waals surface area contributed by atoms with E-state index in [9.17, 15) is 14.4 Å². The molecule has 2 rings (SSSR count). The number of hydrogen-bond acceptors (Lipinski definition) is 5. The molecule has 0 radical (unpaired) electrons. The van der Waals surface area contributed by atoms with E-state index in [1.807, 2.05) is 26.0 Å². The van der Waals surface area contributed by atoms with Crippen molar-refractivity contribution in [3.63, 3.8) is 0 Å². The molecule has 0 aliphatic heterocycles. The number of ether oxygens (including phenoxy) is 2. The van der Waals surface area contributed by atoms with Crippen molar-refractivity contribution in [2.75, 3.05) is 18.5 Å². The van der Waals surface area contributed by atoms with Crippen LogP contribution in [0.1, 0.15) is 21.5 Å². The topological polar surface area (TPSA) is 108 Å². The van der Waals surface area contributed by atoms with Crippen LogP contribution in [0.2, 0.25) is 0 Å². The lowest BCUT2D eigenvalue weighted by atomic mass is 10.1. The van der Waals surface area contributed by atoms with Gasteiger partial charge in [0.05, 0.1) is 0 Å². The van der Waals surface area contributed by atoms with E-state index in [4.69, 9.17) is 15.2 Å². The number of esters is 1. The second-order valence-electron chi connectivity index (χ2n) is 5.69. The van der Waals surface area contributed by atoms with E-state index in [0.717, 1.165) is 11.1 Å².